The molecule has 2 rings (SSSR count). The highest BCUT2D eigenvalue weighted by molar-refractivity contribution is 6.31. The zero-order chi connectivity index (χ0) is 13.2. The van der Waals surface area contributed by atoms with E-state index >= 15 is 0 Å². The molecule has 0 amide bonds. The number of halogens is 1. The fraction of sp³-hybridized carbons (Fsp3) is 0.500. The normalized spacial score (nSPS) is 18.3. The lowest BCUT2D eigenvalue weighted by molar-refractivity contribution is -0.384. The van der Waals surface area contributed by atoms with E-state index in [0.29, 0.717) is 10.7 Å². The summed E-state index contributed by atoms with van der Waals surface area (Å²) in [6.07, 6.45) is 1.85. The van der Waals surface area contributed by atoms with Gasteiger partial charge in [-0.2, -0.15) is 0 Å². The first-order valence-electron chi connectivity index (χ1n) is 5.93. The van der Waals surface area contributed by atoms with Crippen molar-refractivity contribution in [1.82, 2.24) is 5.32 Å². The second kappa shape index (κ2) is 5.12. The van der Waals surface area contributed by atoms with Gasteiger partial charge in [-0.3, -0.25) is 10.1 Å². The number of anilines is 1. The minimum Gasteiger partial charge on any atom is -0.374 e. The van der Waals surface area contributed by atoms with E-state index in [-0.39, 0.29) is 16.1 Å². The Hall–Kier alpha value is -1.33. The second-order valence-corrected chi connectivity index (χ2v) is 5.29. The maximum atomic E-state index is 11.0. The van der Waals surface area contributed by atoms with E-state index in [0.717, 1.165) is 25.9 Å². The van der Waals surface area contributed by atoms with Crippen LogP contribution in [0.25, 0.3) is 0 Å². The van der Waals surface area contributed by atoms with Crippen LogP contribution in [0.2, 0.25) is 5.02 Å². The Bertz CT molecular complexity index is 459. The maximum Gasteiger partial charge on any atom is 0.292 e. The third-order valence-electron chi connectivity index (χ3n) is 3.30. The molecule has 5 nitrogen and oxygen atoms in total. The second-order valence-electron chi connectivity index (χ2n) is 4.85. The van der Waals surface area contributed by atoms with Gasteiger partial charge in [0.25, 0.3) is 5.69 Å². The first kappa shape index (κ1) is 13.1. The number of hydrogen-bond donors (Lipinski definition) is 2. The van der Waals surface area contributed by atoms with Gasteiger partial charge in [-0.1, -0.05) is 11.6 Å². The van der Waals surface area contributed by atoms with Crippen molar-refractivity contribution in [1.29, 1.82) is 0 Å². The summed E-state index contributed by atoms with van der Waals surface area (Å²) in [5.74, 6) is 0. The number of nitro groups is 1. The summed E-state index contributed by atoms with van der Waals surface area (Å²) in [6, 6.07) is 4.59. The van der Waals surface area contributed by atoms with Crippen LogP contribution < -0.4 is 10.6 Å². The monoisotopic (exact) mass is 269 g/mol. The zero-order valence-electron chi connectivity index (χ0n) is 10.2. The van der Waals surface area contributed by atoms with Gasteiger partial charge in [0.05, 0.1) is 4.92 Å². The fourth-order valence-electron chi connectivity index (χ4n) is 2.20. The number of nitrogens with one attached hydrogen (secondary N) is 2. The van der Waals surface area contributed by atoms with Gasteiger partial charge in [0.1, 0.15) is 5.69 Å². The molecule has 0 saturated carbocycles. The Kier molecular flexibility index (Phi) is 3.73. The van der Waals surface area contributed by atoms with Crippen molar-refractivity contribution in [2.24, 2.45) is 0 Å². The average Bonchev–Trinajstić information content (AvgIpc) is 2.28. The van der Waals surface area contributed by atoms with Crippen LogP contribution >= 0.6 is 11.6 Å². The first-order chi connectivity index (χ1) is 8.50. The first-order valence-corrected chi connectivity index (χ1v) is 6.31. The molecule has 6 heteroatoms. The van der Waals surface area contributed by atoms with Gasteiger partial charge >= 0.3 is 0 Å². The lowest BCUT2D eigenvalue weighted by atomic mass is 9.90. The molecular weight excluding hydrogens is 254 g/mol. The van der Waals surface area contributed by atoms with Gasteiger partial charge in [-0.05, 0) is 45.0 Å². The zero-order valence-corrected chi connectivity index (χ0v) is 11.0. The number of rotatable bonds is 3. The molecule has 0 aromatic heterocycles. The van der Waals surface area contributed by atoms with E-state index in [1.54, 1.807) is 6.07 Å². The predicted molar refractivity (Wildman–Crippen MR) is 72.2 cm³/mol. The minimum atomic E-state index is -0.386. The van der Waals surface area contributed by atoms with Gasteiger partial charge in [0.2, 0.25) is 0 Å². The molecule has 18 heavy (non-hydrogen) atoms. The van der Waals surface area contributed by atoms with Crippen molar-refractivity contribution < 1.29 is 4.92 Å². The molecular formula is C12H16ClN3O2. The van der Waals surface area contributed by atoms with Gasteiger partial charge < -0.3 is 10.6 Å². The highest BCUT2D eigenvalue weighted by Gasteiger charge is 2.28. The Morgan fingerprint density at radius 1 is 1.44 bits per heavy atom. The van der Waals surface area contributed by atoms with Gasteiger partial charge in [0, 0.05) is 16.6 Å². The van der Waals surface area contributed by atoms with E-state index in [1.165, 1.54) is 12.1 Å². The van der Waals surface area contributed by atoms with Crippen molar-refractivity contribution in [3.8, 4) is 0 Å². The molecule has 0 spiro atoms. The molecule has 0 atom stereocenters. The van der Waals surface area contributed by atoms with Crippen molar-refractivity contribution in [2.45, 2.75) is 25.3 Å². The fourth-order valence-corrected chi connectivity index (χ4v) is 2.37. The summed E-state index contributed by atoms with van der Waals surface area (Å²) in [6.45, 7) is 3.91. The molecule has 1 aliphatic heterocycles. The molecule has 0 radical (unpaired) electrons. The highest BCUT2D eigenvalue weighted by atomic mass is 35.5. The third kappa shape index (κ3) is 2.91. The minimum absolute atomic E-state index is 0.0687. The summed E-state index contributed by atoms with van der Waals surface area (Å²) < 4.78 is 0. The van der Waals surface area contributed by atoms with Crippen LogP contribution in [0.5, 0.6) is 0 Å². The Morgan fingerprint density at radius 3 is 2.72 bits per heavy atom. The van der Waals surface area contributed by atoms with Crippen LogP contribution in [0.4, 0.5) is 11.4 Å². The summed E-state index contributed by atoms with van der Waals surface area (Å²) in [4.78, 5) is 10.6. The summed E-state index contributed by atoms with van der Waals surface area (Å²) in [5, 5.41) is 18.0. The van der Waals surface area contributed by atoms with E-state index in [4.69, 9.17) is 11.6 Å². The van der Waals surface area contributed by atoms with E-state index in [1.807, 2.05) is 0 Å². The van der Waals surface area contributed by atoms with Crippen molar-refractivity contribution >= 4 is 23.0 Å². The lowest BCUT2D eigenvalue weighted by Crippen LogP contribution is -2.45. The number of hydrogen-bond acceptors (Lipinski definition) is 4. The quantitative estimate of drug-likeness (QED) is 0.654. The molecule has 1 aromatic rings. The van der Waals surface area contributed by atoms with Crippen molar-refractivity contribution in [3.05, 3.63) is 33.3 Å². The topological polar surface area (TPSA) is 67.2 Å². The van der Waals surface area contributed by atoms with Crippen LogP contribution in [0.15, 0.2) is 18.2 Å². The molecule has 1 saturated heterocycles. The van der Waals surface area contributed by atoms with Crippen molar-refractivity contribution in [3.63, 3.8) is 0 Å². The standard InChI is InChI=1S/C12H16ClN3O2/c1-12(4-6-14-7-5-12)15-10-8-9(13)2-3-11(10)16(17)18/h2-3,8,14-15H,4-7H2,1H3. The van der Waals surface area contributed by atoms with Crippen LogP contribution in [-0.2, 0) is 0 Å². The molecule has 1 aromatic carbocycles. The highest BCUT2D eigenvalue weighted by Crippen LogP contribution is 2.32. The smallest absolute Gasteiger partial charge is 0.292 e. The average molecular weight is 270 g/mol. The van der Waals surface area contributed by atoms with Crippen LogP contribution in [0.1, 0.15) is 19.8 Å². The van der Waals surface area contributed by atoms with Crippen LogP contribution in [-0.4, -0.2) is 23.6 Å². The largest absolute Gasteiger partial charge is 0.374 e. The molecule has 1 fully saturated rings. The summed E-state index contributed by atoms with van der Waals surface area (Å²) >= 11 is 5.91. The molecule has 0 bridgehead atoms. The number of nitro benzene ring substituents is 1. The summed E-state index contributed by atoms with van der Waals surface area (Å²) in [5.41, 5.74) is 0.441. The Morgan fingerprint density at radius 2 is 2.11 bits per heavy atom. The summed E-state index contributed by atoms with van der Waals surface area (Å²) in [7, 11) is 0. The van der Waals surface area contributed by atoms with E-state index in [9.17, 15) is 10.1 Å². The lowest BCUT2D eigenvalue weighted by Gasteiger charge is -2.35. The Balaban J connectivity index is 2.26. The van der Waals surface area contributed by atoms with Crippen LogP contribution in [0, 0.1) is 10.1 Å². The number of nitrogens with zero attached hydrogens (tertiary/aromatic N) is 1. The molecule has 1 heterocycles. The SMILES string of the molecule is CC1(Nc2cc(Cl)ccc2[N+](=O)[O-])CCNCC1. The maximum absolute atomic E-state index is 11.0. The molecule has 2 N–H and O–H groups in total. The number of piperidine rings is 1. The van der Waals surface area contributed by atoms with E-state index < -0.39 is 0 Å². The van der Waals surface area contributed by atoms with Crippen molar-refractivity contribution in [2.75, 3.05) is 18.4 Å². The van der Waals surface area contributed by atoms with E-state index in [2.05, 4.69) is 17.6 Å². The Labute approximate surface area is 111 Å². The number of benzene rings is 1. The van der Waals surface area contributed by atoms with Gasteiger partial charge in [-0.15, -0.1) is 0 Å². The predicted octanol–water partition coefficient (Wildman–Crippen LogP) is 2.80. The molecule has 0 unspecified atom stereocenters. The molecule has 1 aliphatic rings. The van der Waals surface area contributed by atoms with Gasteiger partial charge in [-0.25, -0.2) is 0 Å². The third-order valence-corrected chi connectivity index (χ3v) is 3.53. The van der Waals surface area contributed by atoms with Crippen LogP contribution in [0.3, 0.4) is 0 Å². The molecule has 0 aliphatic carbocycles. The molecule has 98 valence electrons. The van der Waals surface area contributed by atoms with Gasteiger partial charge in [0.15, 0.2) is 0 Å².